The molecule has 0 bridgehead atoms. The summed E-state index contributed by atoms with van der Waals surface area (Å²) < 4.78 is 53.2. The van der Waals surface area contributed by atoms with Gasteiger partial charge in [-0.3, -0.25) is 4.79 Å². The zero-order valence-corrected chi connectivity index (χ0v) is 17.7. The lowest BCUT2D eigenvalue weighted by molar-refractivity contribution is -0.140. The molecule has 1 fully saturated rings. The first-order valence-electron chi connectivity index (χ1n) is 10.4. The van der Waals surface area contributed by atoms with E-state index >= 15 is 0 Å². The molecule has 6 heteroatoms. The number of amides is 1. The highest BCUT2D eigenvalue weighted by molar-refractivity contribution is 5.91. The molecule has 29 heavy (non-hydrogen) atoms. The molecule has 2 nitrogen and oxygen atoms in total. The van der Waals surface area contributed by atoms with Gasteiger partial charge in [0.15, 0.2) is 0 Å². The van der Waals surface area contributed by atoms with Crippen LogP contribution in [-0.2, 0) is 11.0 Å². The second-order valence-electron chi connectivity index (χ2n) is 8.42. The van der Waals surface area contributed by atoms with Crippen LogP contribution in [0.25, 0.3) is 5.70 Å². The summed E-state index contributed by atoms with van der Waals surface area (Å²) in [6, 6.07) is 2.89. The Labute approximate surface area is 170 Å². The van der Waals surface area contributed by atoms with E-state index in [-0.39, 0.29) is 11.5 Å². The monoisotopic (exact) mass is 413 g/mol. The Morgan fingerprint density at radius 1 is 1.21 bits per heavy atom. The number of carbonyl (C=O) groups excluding carboxylic acids is 1. The molecule has 1 amide bonds. The van der Waals surface area contributed by atoms with Crippen molar-refractivity contribution < 1.29 is 22.4 Å². The third-order valence-electron chi connectivity index (χ3n) is 6.33. The van der Waals surface area contributed by atoms with E-state index in [4.69, 9.17) is 0 Å². The minimum atomic E-state index is -4.79. The quantitative estimate of drug-likeness (QED) is 0.405. The molecule has 0 heterocycles. The lowest BCUT2D eigenvalue weighted by Crippen LogP contribution is -2.38. The molecule has 1 aromatic carbocycles. The molecule has 2 unspecified atom stereocenters. The molecule has 1 saturated carbocycles. The Morgan fingerprint density at radius 2 is 1.90 bits per heavy atom. The van der Waals surface area contributed by atoms with Gasteiger partial charge in [0.1, 0.15) is 5.82 Å². The van der Waals surface area contributed by atoms with Crippen molar-refractivity contribution in [2.45, 2.75) is 78.8 Å². The van der Waals surface area contributed by atoms with E-state index in [9.17, 15) is 22.4 Å². The van der Waals surface area contributed by atoms with Gasteiger partial charge in [-0.15, -0.1) is 0 Å². The SMILES string of the molecule is CC/C(C)=C(/NC(=O)C1(C)CCCC(CC)CC1)c1ccc(F)c(C(F)(F)F)c1. The molecule has 0 radical (unpaired) electrons. The highest BCUT2D eigenvalue weighted by Gasteiger charge is 2.37. The fourth-order valence-corrected chi connectivity index (χ4v) is 3.97. The minimum absolute atomic E-state index is 0.171. The van der Waals surface area contributed by atoms with Crippen LogP contribution < -0.4 is 5.32 Å². The van der Waals surface area contributed by atoms with Gasteiger partial charge in [-0.2, -0.15) is 13.2 Å². The number of nitrogens with one attached hydrogen (secondary N) is 1. The van der Waals surface area contributed by atoms with E-state index in [2.05, 4.69) is 12.2 Å². The Kier molecular flexibility index (Phi) is 7.52. The van der Waals surface area contributed by atoms with Crippen molar-refractivity contribution in [2.75, 3.05) is 0 Å². The van der Waals surface area contributed by atoms with Crippen LogP contribution in [0.3, 0.4) is 0 Å². The van der Waals surface area contributed by atoms with E-state index in [1.807, 2.05) is 13.8 Å². The predicted octanol–water partition coefficient (Wildman–Crippen LogP) is 7.10. The van der Waals surface area contributed by atoms with E-state index < -0.39 is 23.0 Å². The van der Waals surface area contributed by atoms with Crippen molar-refractivity contribution >= 4 is 11.6 Å². The van der Waals surface area contributed by atoms with Crippen molar-refractivity contribution in [1.29, 1.82) is 0 Å². The fraction of sp³-hybridized carbons (Fsp3) is 0.609. The second kappa shape index (κ2) is 9.31. The molecule has 2 atom stereocenters. The number of rotatable bonds is 5. The smallest absolute Gasteiger partial charge is 0.325 e. The molecule has 1 aliphatic carbocycles. The van der Waals surface area contributed by atoms with Crippen LogP contribution in [0.15, 0.2) is 23.8 Å². The molecule has 1 aliphatic rings. The summed E-state index contributed by atoms with van der Waals surface area (Å²) >= 11 is 0. The molecule has 0 spiro atoms. The van der Waals surface area contributed by atoms with Gasteiger partial charge < -0.3 is 5.32 Å². The number of alkyl halides is 3. The second-order valence-corrected chi connectivity index (χ2v) is 8.42. The van der Waals surface area contributed by atoms with Crippen molar-refractivity contribution in [1.82, 2.24) is 5.32 Å². The first-order chi connectivity index (χ1) is 13.5. The van der Waals surface area contributed by atoms with Gasteiger partial charge in [0, 0.05) is 11.1 Å². The number of hydrogen-bond donors (Lipinski definition) is 1. The average molecular weight is 413 g/mol. The zero-order valence-electron chi connectivity index (χ0n) is 17.7. The van der Waals surface area contributed by atoms with Gasteiger partial charge in [-0.25, -0.2) is 4.39 Å². The lowest BCUT2D eigenvalue weighted by atomic mass is 9.81. The Morgan fingerprint density at radius 3 is 2.48 bits per heavy atom. The number of hydrogen-bond acceptors (Lipinski definition) is 1. The number of allylic oxidation sites excluding steroid dienone is 1. The highest BCUT2D eigenvalue weighted by atomic mass is 19.4. The summed E-state index contributed by atoms with van der Waals surface area (Å²) in [7, 11) is 0. The van der Waals surface area contributed by atoms with Crippen LogP contribution in [0.2, 0.25) is 0 Å². The molecule has 0 aliphatic heterocycles. The van der Waals surface area contributed by atoms with Crippen molar-refractivity contribution in [3.05, 3.63) is 40.7 Å². The van der Waals surface area contributed by atoms with E-state index in [1.165, 1.54) is 6.07 Å². The summed E-state index contributed by atoms with van der Waals surface area (Å²) in [6.45, 7) is 7.74. The summed E-state index contributed by atoms with van der Waals surface area (Å²) in [5, 5.41) is 2.90. The molecule has 1 N–H and O–H groups in total. The Hall–Kier alpha value is -1.85. The molecule has 1 aromatic rings. The van der Waals surface area contributed by atoms with Crippen LogP contribution in [-0.4, -0.2) is 5.91 Å². The van der Waals surface area contributed by atoms with Gasteiger partial charge in [0.05, 0.1) is 5.56 Å². The first kappa shape index (κ1) is 23.4. The van der Waals surface area contributed by atoms with Crippen LogP contribution in [0, 0.1) is 17.2 Å². The third-order valence-corrected chi connectivity index (χ3v) is 6.33. The molecule has 162 valence electrons. The van der Waals surface area contributed by atoms with Crippen LogP contribution in [0.5, 0.6) is 0 Å². The van der Waals surface area contributed by atoms with Crippen LogP contribution in [0.4, 0.5) is 17.6 Å². The maximum atomic E-state index is 13.7. The van der Waals surface area contributed by atoms with E-state index in [0.29, 0.717) is 18.0 Å². The average Bonchev–Trinajstić information content (AvgIpc) is 2.87. The van der Waals surface area contributed by atoms with Crippen molar-refractivity contribution in [3.8, 4) is 0 Å². The molecular formula is C23H31F4NO. The van der Waals surface area contributed by atoms with Crippen molar-refractivity contribution in [2.24, 2.45) is 11.3 Å². The highest BCUT2D eigenvalue weighted by Crippen LogP contribution is 2.39. The minimum Gasteiger partial charge on any atom is -0.325 e. The van der Waals surface area contributed by atoms with Crippen molar-refractivity contribution in [3.63, 3.8) is 0 Å². The maximum Gasteiger partial charge on any atom is 0.419 e. The zero-order chi connectivity index (χ0) is 21.8. The van der Waals surface area contributed by atoms with Crippen LogP contribution in [0.1, 0.15) is 83.8 Å². The predicted molar refractivity (Wildman–Crippen MR) is 107 cm³/mol. The fourth-order valence-electron chi connectivity index (χ4n) is 3.97. The van der Waals surface area contributed by atoms with E-state index in [0.717, 1.165) is 56.2 Å². The summed E-state index contributed by atoms with van der Waals surface area (Å²) in [6.07, 6.45) is 1.40. The third kappa shape index (κ3) is 5.61. The summed E-state index contributed by atoms with van der Waals surface area (Å²) in [5.41, 5.74) is -0.606. The van der Waals surface area contributed by atoms with Gasteiger partial charge in [-0.1, -0.05) is 40.0 Å². The standard InChI is InChI=1S/C23H31F4NO/c1-5-15(3)20(17-9-10-19(24)18(14-17)23(25,26)27)28-21(29)22(4)12-7-8-16(6-2)11-13-22/h9-10,14,16H,5-8,11-13H2,1-4H3,(H,28,29)/b20-15+. The number of halogens is 4. The lowest BCUT2D eigenvalue weighted by Gasteiger charge is -2.28. The Balaban J connectivity index is 2.35. The number of benzene rings is 1. The molecule has 2 rings (SSSR count). The molecule has 0 saturated heterocycles. The van der Waals surface area contributed by atoms with Gasteiger partial charge in [0.2, 0.25) is 5.91 Å². The molecule has 0 aromatic heterocycles. The first-order valence-corrected chi connectivity index (χ1v) is 10.4. The number of carbonyl (C=O) groups is 1. The summed E-state index contributed by atoms with van der Waals surface area (Å²) in [5.74, 6) is -0.874. The van der Waals surface area contributed by atoms with E-state index in [1.54, 1.807) is 6.92 Å². The maximum absolute atomic E-state index is 13.7. The van der Waals surface area contributed by atoms with Gasteiger partial charge in [0.25, 0.3) is 0 Å². The largest absolute Gasteiger partial charge is 0.419 e. The normalized spacial score (nSPS) is 23.9. The van der Waals surface area contributed by atoms with Crippen LogP contribution >= 0.6 is 0 Å². The van der Waals surface area contributed by atoms with Gasteiger partial charge >= 0.3 is 6.18 Å². The topological polar surface area (TPSA) is 29.1 Å². The summed E-state index contributed by atoms with van der Waals surface area (Å²) in [4.78, 5) is 13.2. The van der Waals surface area contributed by atoms with Gasteiger partial charge in [-0.05, 0) is 67.9 Å². The molecular weight excluding hydrogens is 382 g/mol. The Bertz CT molecular complexity index is 769.